The standard InChI is InChI=1S/C18H16F3N3O/c1-23(2)11-16-22-15-9-8-13(18(19,20)21)10-14(15)17(24(16)25)12-6-4-3-5-7-12/h3-10H,11H2,1-2H3. The average molecular weight is 347 g/mol. The van der Waals surface area contributed by atoms with E-state index in [-0.39, 0.29) is 23.4 Å². The summed E-state index contributed by atoms with van der Waals surface area (Å²) in [6.45, 7) is 0.278. The first-order chi connectivity index (χ1) is 11.8. The van der Waals surface area contributed by atoms with Crippen molar-refractivity contribution in [2.24, 2.45) is 0 Å². The zero-order chi connectivity index (χ0) is 18.2. The molecule has 7 heteroatoms. The van der Waals surface area contributed by atoms with E-state index in [1.807, 2.05) is 0 Å². The number of hydrogen-bond donors (Lipinski definition) is 0. The lowest BCUT2D eigenvalue weighted by atomic mass is 10.0. The van der Waals surface area contributed by atoms with Crippen LogP contribution in [0.2, 0.25) is 0 Å². The third-order valence-corrected chi connectivity index (χ3v) is 3.77. The molecule has 0 unspecified atom stereocenters. The van der Waals surface area contributed by atoms with Gasteiger partial charge >= 0.3 is 12.0 Å². The van der Waals surface area contributed by atoms with Crippen molar-refractivity contribution in [1.82, 2.24) is 9.88 Å². The van der Waals surface area contributed by atoms with Crippen molar-refractivity contribution >= 4 is 10.9 Å². The number of nitrogens with zero attached hydrogens (tertiary/aromatic N) is 3. The molecule has 3 aromatic rings. The average Bonchev–Trinajstić information content (AvgIpc) is 2.54. The highest BCUT2D eigenvalue weighted by atomic mass is 19.4. The van der Waals surface area contributed by atoms with E-state index in [1.165, 1.54) is 6.07 Å². The molecule has 0 fully saturated rings. The number of rotatable bonds is 3. The molecule has 0 amide bonds. The number of fused-ring (bicyclic) bond motifs is 1. The van der Waals surface area contributed by atoms with E-state index in [2.05, 4.69) is 4.98 Å². The molecule has 0 bridgehead atoms. The summed E-state index contributed by atoms with van der Waals surface area (Å²) in [6.07, 6.45) is -4.49. The lowest BCUT2D eigenvalue weighted by molar-refractivity contribution is -0.605. The van der Waals surface area contributed by atoms with Crippen LogP contribution in [0, 0.1) is 5.21 Å². The molecule has 25 heavy (non-hydrogen) atoms. The van der Waals surface area contributed by atoms with Crippen LogP contribution in [0.25, 0.3) is 22.2 Å². The summed E-state index contributed by atoms with van der Waals surface area (Å²) in [5.41, 5.74) is 0.271. The molecule has 1 heterocycles. The van der Waals surface area contributed by atoms with E-state index >= 15 is 0 Å². The number of benzene rings is 2. The van der Waals surface area contributed by atoms with Crippen LogP contribution in [-0.2, 0) is 12.7 Å². The SMILES string of the molecule is CN(C)Cc1nc2ccc(C(F)(F)F)cc2c(-c2ccccc2)[n+]1[O-]. The van der Waals surface area contributed by atoms with Gasteiger partial charge < -0.3 is 5.21 Å². The highest BCUT2D eigenvalue weighted by Gasteiger charge is 2.32. The molecule has 0 N–H and O–H groups in total. The maximum atomic E-state index is 13.1. The summed E-state index contributed by atoms with van der Waals surface area (Å²) >= 11 is 0. The molecule has 0 aliphatic carbocycles. The van der Waals surface area contributed by atoms with Crippen molar-refractivity contribution in [1.29, 1.82) is 0 Å². The smallest absolute Gasteiger partial charge is 0.416 e. The van der Waals surface area contributed by atoms with Crippen LogP contribution in [0.5, 0.6) is 0 Å². The zero-order valence-electron chi connectivity index (χ0n) is 13.7. The van der Waals surface area contributed by atoms with Gasteiger partial charge in [0.25, 0.3) is 0 Å². The number of aromatic nitrogens is 2. The largest absolute Gasteiger partial charge is 0.710 e. The second kappa shape index (κ2) is 6.33. The molecule has 0 saturated carbocycles. The molecule has 0 aliphatic heterocycles. The predicted molar refractivity (Wildman–Crippen MR) is 88.5 cm³/mol. The van der Waals surface area contributed by atoms with Crippen LogP contribution in [0.1, 0.15) is 11.4 Å². The molecule has 0 aliphatic rings. The maximum Gasteiger partial charge on any atom is 0.416 e. The first kappa shape index (κ1) is 17.2. The minimum Gasteiger partial charge on any atom is -0.710 e. The molecule has 130 valence electrons. The Labute approximate surface area is 142 Å². The first-order valence-corrected chi connectivity index (χ1v) is 7.61. The highest BCUT2D eigenvalue weighted by molar-refractivity contribution is 5.91. The number of hydrogen-bond acceptors (Lipinski definition) is 3. The monoisotopic (exact) mass is 347 g/mol. The number of halogens is 3. The Hall–Kier alpha value is -2.67. The maximum absolute atomic E-state index is 13.1. The lowest BCUT2D eigenvalue weighted by Gasteiger charge is -2.17. The Balaban J connectivity index is 2.35. The van der Waals surface area contributed by atoms with Crippen molar-refractivity contribution in [3.63, 3.8) is 0 Å². The normalized spacial score (nSPS) is 12.1. The highest BCUT2D eigenvalue weighted by Crippen LogP contribution is 2.33. The van der Waals surface area contributed by atoms with Gasteiger partial charge in [-0.15, -0.1) is 0 Å². The molecule has 4 nitrogen and oxygen atoms in total. The minimum atomic E-state index is -4.49. The summed E-state index contributed by atoms with van der Waals surface area (Å²) < 4.78 is 39.9. The van der Waals surface area contributed by atoms with Gasteiger partial charge in [0.05, 0.1) is 10.9 Å². The molecule has 3 rings (SSSR count). The Morgan fingerprint density at radius 1 is 1.08 bits per heavy atom. The number of alkyl halides is 3. The van der Waals surface area contributed by atoms with E-state index in [0.717, 1.165) is 12.1 Å². The van der Waals surface area contributed by atoms with Gasteiger partial charge in [-0.05, 0) is 37.3 Å². The van der Waals surface area contributed by atoms with Crippen molar-refractivity contribution in [2.45, 2.75) is 12.7 Å². The molecular formula is C18H16F3N3O. The van der Waals surface area contributed by atoms with Gasteiger partial charge in [-0.3, -0.25) is 4.90 Å². The first-order valence-electron chi connectivity index (χ1n) is 7.61. The molecule has 0 radical (unpaired) electrons. The second-order valence-electron chi connectivity index (χ2n) is 6.00. The van der Waals surface area contributed by atoms with Crippen LogP contribution < -0.4 is 4.73 Å². The summed E-state index contributed by atoms with van der Waals surface area (Å²) in [5, 5.41) is 13.0. The summed E-state index contributed by atoms with van der Waals surface area (Å²) in [6, 6.07) is 11.9. The van der Waals surface area contributed by atoms with Gasteiger partial charge in [0.1, 0.15) is 12.2 Å². The summed E-state index contributed by atoms with van der Waals surface area (Å²) in [4.78, 5) is 6.04. The van der Waals surface area contributed by atoms with E-state index in [0.29, 0.717) is 15.8 Å². The molecule has 2 aromatic carbocycles. The minimum absolute atomic E-state index is 0.175. The van der Waals surface area contributed by atoms with E-state index in [4.69, 9.17) is 0 Å². The molecule has 0 atom stereocenters. The van der Waals surface area contributed by atoms with Gasteiger partial charge in [-0.25, -0.2) is 4.73 Å². The fraction of sp³-hybridized carbons (Fsp3) is 0.222. The third-order valence-electron chi connectivity index (χ3n) is 3.77. The Morgan fingerprint density at radius 3 is 2.36 bits per heavy atom. The van der Waals surface area contributed by atoms with Crippen LogP contribution in [-0.4, -0.2) is 24.0 Å². The van der Waals surface area contributed by atoms with Crippen LogP contribution in [0.3, 0.4) is 0 Å². The van der Waals surface area contributed by atoms with Crippen molar-refractivity contribution < 1.29 is 17.9 Å². The molecular weight excluding hydrogens is 331 g/mol. The van der Waals surface area contributed by atoms with E-state index in [9.17, 15) is 18.4 Å². The summed E-state index contributed by atoms with van der Waals surface area (Å²) in [5.74, 6) is 0.233. The quantitative estimate of drug-likeness (QED) is 0.537. The molecule has 1 aromatic heterocycles. The topological polar surface area (TPSA) is 43.1 Å². The Bertz CT molecular complexity index is 909. The van der Waals surface area contributed by atoms with Gasteiger partial charge in [0, 0.05) is 5.56 Å². The summed E-state index contributed by atoms with van der Waals surface area (Å²) in [7, 11) is 3.58. The fourth-order valence-corrected chi connectivity index (χ4v) is 2.67. The van der Waals surface area contributed by atoms with Crippen LogP contribution in [0.15, 0.2) is 48.5 Å². The predicted octanol–water partition coefficient (Wildman–Crippen LogP) is 3.62. The zero-order valence-corrected chi connectivity index (χ0v) is 13.7. The van der Waals surface area contributed by atoms with E-state index < -0.39 is 11.7 Å². The third kappa shape index (κ3) is 3.41. The van der Waals surface area contributed by atoms with Crippen LogP contribution in [0.4, 0.5) is 13.2 Å². The Morgan fingerprint density at radius 2 is 1.76 bits per heavy atom. The van der Waals surface area contributed by atoms with Gasteiger partial charge in [0.2, 0.25) is 0 Å². The molecule has 0 saturated heterocycles. The van der Waals surface area contributed by atoms with Crippen molar-refractivity contribution in [3.8, 4) is 11.3 Å². The van der Waals surface area contributed by atoms with Crippen LogP contribution >= 0.6 is 0 Å². The van der Waals surface area contributed by atoms with Gasteiger partial charge in [-0.2, -0.15) is 13.2 Å². The lowest BCUT2D eigenvalue weighted by Crippen LogP contribution is -2.38. The van der Waals surface area contributed by atoms with Crippen molar-refractivity contribution in [2.75, 3.05) is 14.1 Å². The van der Waals surface area contributed by atoms with Gasteiger partial charge in [0.15, 0.2) is 5.52 Å². The van der Waals surface area contributed by atoms with E-state index in [1.54, 1.807) is 49.3 Å². The fourth-order valence-electron chi connectivity index (χ4n) is 2.67. The second-order valence-corrected chi connectivity index (χ2v) is 6.00. The Kier molecular flexibility index (Phi) is 4.34. The molecule has 0 spiro atoms. The van der Waals surface area contributed by atoms with Gasteiger partial charge in [-0.1, -0.05) is 30.3 Å². The van der Waals surface area contributed by atoms with Crippen molar-refractivity contribution in [3.05, 3.63) is 65.1 Å².